The number of para-hydroxylation sites is 3. The van der Waals surface area contributed by atoms with E-state index in [-0.39, 0.29) is 23.2 Å². The molecule has 1 N–H and O–H groups in total. The van der Waals surface area contributed by atoms with Crippen molar-refractivity contribution in [2.75, 3.05) is 17.3 Å². The van der Waals surface area contributed by atoms with E-state index in [1.807, 2.05) is 66.4 Å². The van der Waals surface area contributed by atoms with Gasteiger partial charge in [-0.25, -0.2) is 9.67 Å². The molecular formula is C27H21F2N5O3. The number of rotatable bonds is 5. The van der Waals surface area contributed by atoms with Crippen molar-refractivity contribution < 1.29 is 23.0 Å². The zero-order valence-electron chi connectivity index (χ0n) is 19.9. The van der Waals surface area contributed by atoms with Gasteiger partial charge in [-0.15, -0.1) is 0 Å². The Labute approximate surface area is 210 Å². The van der Waals surface area contributed by atoms with Gasteiger partial charge in [0.05, 0.1) is 35.9 Å². The second kappa shape index (κ2) is 8.74. The molecular weight excluding hydrogens is 480 g/mol. The molecule has 0 spiro atoms. The van der Waals surface area contributed by atoms with Crippen LogP contribution < -0.4 is 19.7 Å². The number of amidine groups is 1. The molecule has 2 aliphatic rings. The summed E-state index contributed by atoms with van der Waals surface area (Å²) in [6, 6.07) is 21.2. The lowest BCUT2D eigenvalue weighted by molar-refractivity contribution is -0.110. The molecule has 10 heteroatoms. The summed E-state index contributed by atoms with van der Waals surface area (Å²) < 4.78 is 37.7. The first-order valence-corrected chi connectivity index (χ1v) is 11.5. The van der Waals surface area contributed by atoms with Crippen LogP contribution >= 0.6 is 0 Å². The number of benzene rings is 3. The molecule has 0 unspecified atom stereocenters. The largest absolute Gasteiger partial charge is 0.493 e. The number of aliphatic imine (C=N–C) groups is 1. The van der Waals surface area contributed by atoms with Crippen LogP contribution in [0.3, 0.4) is 0 Å². The number of fused-ring (bicyclic) bond motifs is 4. The van der Waals surface area contributed by atoms with Crippen molar-refractivity contribution in [2.24, 2.45) is 4.99 Å². The van der Waals surface area contributed by atoms with E-state index in [0.717, 1.165) is 16.9 Å². The van der Waals surface area contributed by atoms with Crippen molar-refractivity contribution in [3.8, 4) is 17.2 Å². The molecule has 37 heavy (non-hydrogen) atoms. The third kappa shape index (κ3) is 3.68. The molecule has 1 amide bonds. The van der Waals surface area contributed by atoms with Gasteiger partial charge >= 0.3 is 6.61 Å². The van der Waals surface area contributed by atoms with Gasteiger partial charge in [0, 0.05) is 5.56 Å². The fraction of sp³-hybridized carbons (Fsp3) is 0.148. The molecule has 3 aromatic carbocycles. The zero-order valence-corrected chi connectivity index (χ0v) is 19.9. The molecule has 0 radical (unpaired) electrons. The summed E-state index contributed by atoms with van der Waals surface area (Å²) in [6.45, 7) is -1.11. The number of aryl methyl sites for hydroxylation is 1. The summed E-state index contributed by atoms with van der Waals surface area (Å²) in [4.78, 5) is 19.9. The lowest BCUT2D eigenvalue weighted by Gasteiger charge is -2.40. The molecule has 0 saturated carbocycles. The van der Waals surface area contributed by atoms with E-state index in [0.29, 0.717) is 22.8 Å². The third-order valence-electron chi connectivity index (χ3n) is 6.39. The quantitative estimate of drug-likeness (QED) is 0.397. The maximum absolute atomic E-state index is 13.3. The fourth-order valence-corrected chi connectivity index (χ4v) is 4.85. The van der Waals surface area contributed by atoms with Crippen LogP contribution in [-0.4, -0.2) is 35.2 Å². The van der Waals surface area contributed by atoms with Gasteiger partial charge in [0.25, 0.3) is 5.91 Å². The molecule has 1 atom stereocenters. The number of hydrogen-bond donors (Lipinski definition) is 1. The van der Waals surface area contributed by atoms with Crippen molar-refractivity contribution in [3.05, 3.63) is 89.6 Å². The SMILES string of the molecule is COc1cc([C@H]2c3c(C)nn(-c4ccccc4)c3N=C3C(=O)Nc4ccccc4N32)ccc1OC(F)F. The fourth-order valence-electron chi connectivity index (χ4n) is 4.85. The van der Waals surface area contributed by atoms with Crippen LogP contribution in [0.15, 0.2) is 77.8 Å². The number of ether oxygens (including phenoxy) is 2. The van der Waals surface area contributed by atoms with Crippen molar-refractivity contribution in [2.45, 2.75) is 19.6 Å². The molecule has 0 saturated heterocycles. The number of nitrogens with zero attached hydrogens (tertiary/aromatic N) is 4. The highest BCUT2D eigenvalue weighted by Gasteiger charge is 2.42. The van der Waals surface area contributed by atoms with E-state index in [9.17, 15) is 13.6 Å². The number of carbonyl (C=O) groups is 1. The summed E-state index contributed by atoms with van der Waals surface area (Å²) >= 11 is 0. The van der Waals surface area contributed by atoms with Crippen molar-refractivity contribution in [1.82, 2.24) is 9.78 Å². The summed E-state index contributed by atoms with van der Waals surface area (Å²) in [5.74, 6) is 0.407. The number of nitrogens with one attached hydrogen (secondary N) is 1. The highest BCUT2D eigenvalue weighted by Crippen LogP contribution is 2.48. The monoisotopic (exact) mass is 501 g/mol. The standard InChI is InChI=1S/C27H21F2N5O3/c1-15-22-23(16-12-13-20(37-27(28)29)21(14-16)36-2)33-19-11-7-6-10-18(19)30-26(35)25(33)31-24(22)34(32-15)17-8-4-3-5-9-17/h3-14,23,27H,1-2H3,(H,30,35)/t23-/m0/s1. The van der Waals surface area contributed by atoms with Crippen LogP contribution in [0.2, 0.25) is 0 Å². The van der Waals surface area contributed by atoms with Gasteiger partial charge in [-0.05, 0) is 48.9 Å². The number of halogens is 2. The highest BCUT2D eigenvalue weighted by molar-refractivity contribution is 6.50. The number of amides is 1. The van der Waals surface area contributed by atoms with Crippen LogP contribution in [0.1, 0.15) is 22.9 Å². The van der Waals surface area contributed by atoms with Crippen molar-refractivity contribution >= 4 is 28.9 Å². The first kappa shape index (κ1) is 22.7. The highest BCUT2D eigenvalue weighted by atomic mass is 19.3. The molecule has 4 aromatic rings. The van der Waals surface area contributed by atoms with Crippen LogP contribution in [0.4, 0.5) is 26.0 Å². The number of hydrogen-bond acceptors (Lipinski definition) is 6. The Balaban J connectivity index is 1.61. The number of carbonyl (C=O) groups excluding carboxylic acids is 1. The first-order chi connectivity index (χ1) is 18.0. The van der Waals surface area contributed by atoms with E-state index >= 15 is 0 Å². The predicted molar refractivity (Wildman–Crippen MR) is 134 cm³/mol. The lowest BCUT2D eigenvalue weighted by atomic mass is 9.93. The van der Waals surface area contributed by atoms with E-state index in [1.54, 1.807) is 16.8 Å². The van der Waals surface area contributed by atoms with Crippen LogP contribution in [0.5, 0.6) is 11.5 Å². The summed E-state index contributed by atoms with van der Waals surface area (Å²) in [5.41, 5.74) is 4.35. The first-order valence-electron chi connectivity index (χ1n) is 11.5. The molecule has 3 heterocycles. The van der Waals surface area contributed by atoms with Crippen LogP contribution in [0, 0.1) is 6.92 Å². The molecule has 1 aromatic heterocycles. The molecule has 2 aliphatic heterocycles. The smallest absolute Gasteiger partial charge is 0.387 e. The topological polar surface area (TPSA) is 81.0 Å². The Hall–Kier alpha value is -4.73. The Kier molecular flexibility index (Phi) is 5.36. The maximum Gasteiger partial charge on any atom is 0.387 e. The number of methoxy groups -OCH3 is 1. The molecule has 6 rings (SSSR count). The Morgan fingerprint density at radius 3 is 2.51 bits per heavy atom. The Bertz CT molecular complexity index is 1550. The Morgan fingerprint density at radius 1 is 1.00 bits per heavy atom. The van der Waals surface area contributed by atoms with Gasteiger partial charge in [-0.3, -0.25) is 4.79 Å². The average molecular weight is 501 g/mol. The van der Waals surface area contributed by atoms with Gasteiger partial charge in [0.2, 0.25) is 5.84 Å². The normalized spacial score (nSPS) is 15.9. The summed E-state index contributed by atoms with van der Waals surface area (Å²) in [5, 5.41) is 7.68. The predicted octanol–water partition coefficient (Wildman–Crippen LogP) is 5.38. The number of alkyl halides is 2. The molecule has 0 fully saturated rings. The maximum atomic E-state index is 13.3. The Morgan fingerprint density at radius 2 is 1.76 bits per heavy atom. The molecule has 8 nitrogen and oxygen atoms in total. The minimum absolute atomic E-state index is 0.0836. The third-order valence-corrected chi connectivity index (χ3v) is 6.39. The minimum Gasteiger partial charge on any atom is -0.493 e. The second-order valence-electron chi connectivity index (χ2n) is 8.54. The minimum atomic E-state index is -3.00. The summed E-state index contributed by atoms with van der Waals surface area (Å²) in [6.07, 6.45) is 0. The van der Waals surface area contributed by atoms with Crippen molar-refractivity contribution in [1.29, 1.82) is 0 Å². The van der Waals surface area contributed by atoms with Gasteiger partial charge in [0.15, 0.2) is 17.3 Å². The lowest BCUT2D eigenvalue weighted by Crippen LogP contribution is -2.48. The number of aromatic nitrogens is 2. The van der Waals surface area contributed by atoms with Crippen molar-refractivity contribution in [3.63, 3.8) is 0 Å². The van der Waals surface area contributed by atoms with Gasteiger partial charge < -0.3 is 19.7 Å². The molecule has 186 valence electrons. The van der Waals surface area contributed by atoms with E-state index in [2.05, 4.69) is 10.1 Å². The molecule has 0 aliphatic carbocycles. The van der Waals surface area contributed by atoms with E-state index in [4.69, 9.17) is 14.8 Å². The zero-order chi connectivity index (χ0) is 25.7. The van der Waals surface area contributed by atoms with Gasteiger partial charge in [-0.1, -0.05) is 36.4 Å². The second-order valence-corrected chi connectivity index (χ2v) is 8.54. The van der Waals surface area contributed by atoms with E-state index in [1.165, 1.54) is 13.2 Å². The number of anilines is 2. The summed E-state index contributed by atoms with van der Waals surface area (Å²) in [7, 11) is 1.39. The van der Waals surface area contributed by atoms with E-state index < -0.39 is 12.7 Å². The van der Waals surface area contributed by atoms with Crippen LogP contribution in [0.25, 0.3) is 5.69 Å². The van der Waals surface area contributed by atoms with Gasteiger partial charge in [0.1, 0.15) is 0 Å². The molecule has 0 bridgehead atoms. The average Bonchev–Trinajstić information content (AvgIpc) is 3.24. The van der Waals surface area contributed by atoms with Crippen LogP contribution in [-0.2, 0) is 4.79 Å². The van der Waals surface area contributed by atoms with Gasteiger partial charge in [-0.2, -0.15) is 13.9 Å².